The fourth-order valence-electron chi connectivity index (χ4n) is 2.23. The van der Waals surface area contributed by atoms with Gasteiger partial charge in [0.1, 0.15) is 0 Å². The summed E-state index contributed by atoms with van der Waals surface area (Å²) in [6.07, 6.45) is -3.53. The van der Waals surface area contributed by atoms with Crippen molar-refractivity contribution >= 4 is 41.3 Å². The molecule has 0 amide bonds. The zero-order valence-electron chi connectivity index (χ0n) is 15.4. The van der Waals surface area contributed by atoms with Gasteiger partial charge in [0, 0.05) is 37.9 Å². The van der Waals surface area contributed by atoms with Crippen molar-refractivity contribution in [2.24, 2.45) is 4.99 Å². The molecule has 0 unspecified atom stereocenters. The third-order valence-corrected chi connectivity index (χ3v) is 4.90. The Hall–Kier alpha value is -1.36. The minimum absolute atomic E-state index is 0. The van der Waals surface area contributed by atoms with Gasteiger partial charge >= 0.3 is 6.18 Å². The SMILES string of the molecule is CN=C(NCCc1csc(C(C)C)n1)NCc1ccc(C(F)(F)F)cc1.I. The van der Waals surface area contributed by atoms with Crippen molar-refractivity contribution in [1.82, 2.24) is 15.6 Å². The third-order valence-electron chi connectivity index (χ3n) is 3.70. The van der Waals surface area contributed by atoms with Crippen molar-refractivity contribution in [3.63, 3.8) is 0 Å². The second kappa shape index (κ2) is 10.8. The molecule has 1 heterocycles. The first-order chi connectivity index (χ1) is 12.3. The maximum absolute atomic E-state index is 12.6. The highest BCUT2D eigenvalue weighted by Gasteiger charge is 2.29. The number of halogens is 4. The monoisotopic (exact) mass is 512 g/mol. The van der Waals surface area contributed by atoms with Crippen LogP contribution in [0.1, 0.15) is 41.6 Å². The van der Waals surface area contributed by atoms with Gasteiger partial charge in [0.25, 0.3) is 0 Å². The van der Waals surface area contributed by atoms with Crippen LogP contribution in [-0.2, 0) is 19.1 Å². The molecule has 9 heteroatoms. The first-order valence-electron chi connectivity index (χ1n) is 8.34. The molecule has 0 bridgehead atoms. The number of hydrogen-bond donors (Lipinski definition) is 2. The average molecular weight is 512 g/mol. The van der Waals surface area contributed by atoms with Crippen molar-refractivity contribution in [1.29, 1.82) is 0 Å². The van der Waals surface area contributed by atoms with Crippen LogP contribution < -0.4 is 10.6 Å². The molecule has 0 saturated carbocycles. The standard InChI is InChI=1S/C18H23F3N4S.HI/c1-12(2)16-25-15(11-26-16)8-9-23-17(22-3)24-10-13-4-6-14(7-5-13)18(19,20)21;/h4-7,11-12H,8-10H2,1-3H3,(H2,22,23,24);1H. The Kier molecular flexibility index (Phi) is 9.51. The van der Waals surface area contributed by atoms with E-state index in [1.165, 1.54) is 12.1 Å². The number of nitrogens with one attached hydrogen (secondary N) is 2. The molecule has 2 rings (SSSR count). The second-order valence-corrected chi connectivity index (χ2v) is 7.02. The van der Waals surface area contributed by atoms with E-state index >= 15 is 0 Å². The number of alkyl halides is 3. The lowest BCUT2D eigenvalue weighted by atomic mass is 10.1. The molecule has 4 nitrogen and oxygen atoms in total. The fourth-order valence-corrected chi connectivity index (χ4v) is 3.10. The highest BCUT2D eigenvalue weighted by molar-refractivity contribution is 14.0. The minimum Gasteiger partial charge on any atom is -0.356 e. The normalized spacial score (nSPS) is 12.0. The van der Waals surface area contributed by atoms with Gasteiger partial charge in [-0.3, -0.25) is 4.99 Å². The van der Waals surface area contributed by atoms with Gasteiger partial charge in [0.05, 0.1) is 16.3 Å². The molecular weight excluding hydrogens is 488 g/mol. The number of nitrogens with zero attached hydrogens (tertiary/aromatic N) is 2. The highest BCUT2D eigenvalue weighted by Crippen LogP contribution is 2.29. The molecule has 0 atom stereocenters. The summed E-state index contributed by atoms with van der Waals surface area (Å²) in [6.45, 7) is 5.31. The lowest BCUT2D eigenvalue weighted by Gasteiger charge is -2.12. The largest absolute Gasteiger partial charge is 0.416 e. The fraction of sp³-hybridized carbons (Fsp3) is 0.444. The zero-order valence-corrected chi connectivity index (χ0v) is 18.6. The summed E-state index contributed by atoms with van der Waals surface area (Å²) in [6, 6.07) is 5.10. The van der Waals surface area contributed by atoms with E-state index in [9.17, 15) is 13.2 Å². The Balaban J connectivity index is 0.00000364. The number of aliphatic imine (C=N–C) groups is 1. The van der Waals surface area contributed by atoms with Crippen molar-refractivity contribution in [3.8, 4) is 0 Å². The van der Waals surface area contributed by atoms with Crippen LogP contribution in [0.2, 0.25) is 0 Å². The maximum atomic E-state index is 12.6. The van der Waals surface area contributed by atoms with E-state index in [0.717, 1.165) is 34.8 Å². The first-order valence-corrected chi connectivity index (χ1v) is 9.22. The zero-order chi connectivity index (χ0) is 19.2. The van der Waals surface area contributed by atoms with Crippen LogP contribution in [0.4, 0.5) is 13.2 Å². The predicted molar refractivity (Wildman–Crippen MR) is 115 cm³/mol. The van der Waals surface area contributed by atoms with Crippen molar-refractivity contribution in [2.45, 2.75) is 38.9 Å². The molecular formula is C18H24F3IN4S. The number of aromatic nitrogens is 1. The van der Waals surface area contributed by atoms with Gasteiger partial charge in [0.2, 0.25) is 0 Å². The summed E-state index contributed by atoms with van der Waals surface area (Å²) < 4.78 is 37.7. The number of benzene rings is 1. The van der Waals surface area contributed by atoms with E-state index in [2.05, 4.69) is 39.8 Å². The molecule has 150 valence electrons. The Morgan fingerprint density at radius 3 is 2.37 bits per heavy atom. The lowest BCUT2D eigenvalue weighted by Crippen LogP contribution is -2.37. The number of guanidine groups is 1. The van der Waals surface area contributed by atoms with Gasteiger partial charge in [0.15, 0.2) is 5.96 Å². The van der Waals surface area contributed by atoms with E-state index < -0.39 is 11.7 Å². The maximum Gasteiger partial charge on any atom is 0.416 e. The Bertz CT molecular complexity index is 727. The van der Waals surface area contributed by atoms with Crippen molar-refractivity contribution in [2.75, 3.05) is 13.6 Å². The summed E-state index contributed by atoms with van der Waals surface area (Å²) in [5.41, 5.74) is 1.15. The van der Waals surface area contributed by atoms with Crippen molar-refractivity contribution < 1.29 is 13.2 Å². The number of hydrogen-bond acceptors (Lipinski definition) is 3. The van der Waals surface area contributed by atoms with Crippen molar-refractivity contribution in [3.05, 3.63) is 51.5 Å². The second-order valence-electron chi connectivity index (χ2n) is 6.13. The molecule has 0 radical (unpaired) electrons. The smallest absolute Gasteiger partial charge is 0.356 e. The Labute approximate surface area is 178 Å². The molecule has 0 fully saturated rings. The van der Waals surface area contributed by atoms with Crippen LogP contribution in [0.5, 0.6) is 0 Å². The molecule has 0 spiro atoms. The van der Waals surface area contributed by atoms with Gasteiger partial charge in [-0.2, -0.15) is 13.2 Å². The molecule has 0 aliphatic carbocycles. The summed E-state index contributed by atoms with van der Waals surface area (Å²) >= 11 is 1.67. The van der Waals surface area contributed by atoms with Crippen LogP contribution in [0, 0.1) is 0 Å². The topological polar surface area (TPSA) is 49.3 Å². The van der Waals surface area contributed by atoms with Gasteiger partial charge in [-0.05, 0) is 17.7 Å². The predicted octanol–water partition coefficient (Wildman–Crippen LogP) is 4.81. The van der Waals surface area contributed by atoms with Crippen LogP contribution in [-0.4, -0.2) is 24.5 Å². The van der Waals surface area contributed by atoms with Crippen LogP contribution in [0.15, 0.2) is 34.6 Å². The average Bonchev–Trinajstić information content (AvgIpc) is 3.06. The van der Waals surface area contributed by atoms with E-state index in [0.29, 0.717) is 25.0 Å². The van der Waals surface area contributed by atoms with Crippen LogP contribution in [0.3, 0.4) is 0 Å². The van der Waals surface area contributed by atoms with E-state index in [4.69, 9.17) is 0 Å². The number of thiazole rings is 1. The number of rotatable bonds is 6. The van der Waals surface area contributed by atoms with E-state index in [-0.39, 0.29) is 24.0 Å². The van der Waals surface area contributed by atoms with Crippen LogP contribution in [0.25, 0.3) is 0 Å². The van der Waals surface area contributed by atoms with Gasteiger partial charge < -0.3 is 10.6 Å². The van der Waals surface area contributed by atoms with Crippen LogP contribution >= 0.6 is 35.3 Å². The minimum atomic E-state index is -4.31. The Morgan fingerprint density at radius 2 is 1.85 bits per heavy atom. The van der Waals surface area contributed by atoms with Gasteiger partial charge in [-0.1, -0.05) is 26.0 Å². The molecule has 2 aromatic rings. The summed E-state index contributed by atoms with van der Waals surface area (Å²) in [5, 5.41) is 9.47. The molecule has 0 saturated heterocycles. The summed E-state index contributed by atoms with van der Waals surface area (Å²) in [7, 11) is 1.65. The quantitative estimate of drug-likeness (QED) is 0.332. The first kappa shape index (κ1) is 23.7. The Morgan fingerprint density at radius 1 is 1.19 bits per heavy atom. The molecule has 1 aromatic carbocycles. The molecule has 0 aliphatic heterocycles. The highest BCUT2D eigenvalue weighted by atomic mass is 127. The van der Waals surface area contributed by atoms with Gasteiger partial charge in [-0.15, -0.1) is 35.3 Å². The lowest BCUT2D eigenvalue weighted by molar-refractivity contribution is -0.137. The molecule has 0 aliphatic rings. The molecule has 27 heavy (non-hydrogen) atoms. The summed E-state index contributed by atoms with van der Waals surface area (Å²) in [4.78, 5) is 8.70. The van der Waals surface area contributed by atoms with E-state index in [1.54, 1.807) is 18.4 Å². The molecule has 1 aromatic heterocycles. The third kappa shape index (κ3) is 7.65. The van der Waals surface area contributed by atoms with E-state index in [1.807, 2.05) is 0 Å². The molecule has 2 N–H and O–H groups in total. The van der Waals surface area contributed by atoms with Gasteiger partial charge in [-0.25, -0.2) is 4.98 Å². The summed E-state index contributed by atoms with van der Waals surface area (Å²) in [5.74, 6) is 1.03.